The number of ether oxygens (including phenoxy) is 2. The summed E-state index contributed by atoms with van der Waals surface area (Å²) in [4.78, 5) is 35.8. The quantitative estimate of drug-likeness (QED) is 0.568. The standard InChI is InChI=1S/C23H26N2O6/c1-14(22(27)28)24-21(26)20(11-12-30-2)25-23(29)31-13-19-17-9-5-3-7-15(17)16-8-4-6-10-18(16)19/h3-10,14,19-20H,11-13H2,1-2H3,(H,24,26)(H,25,29)(H,27,28). The van der Waals surface area contributed by atoms with Gasteiger partial charge in [-0.3, -0.25) is 9.59 Å². The van der Waals surface area contributed by atoms with Crippen molar-refractivity contribution in [2.24, 2.45) is 0 Å². The molecule has 0 saturated carbocycles. The number of aliphatic carboxylic acids is 1. The van der Waals surface area contributed by atoms with Crippen LogP contribution in [0.15, 0.2) is 48.5 Å². The molecule has 2 aromatic rings. The van der Waals surface area contributed by atoms with E-state index in [0.717, 1.165) is 22.3 Å². The van der Waals surface area contributed by atoms with E-state index in [0.29, 0.717) is 0 Å². The van der Waals surface area contributed by atoms with Gasteiger partial charge in [0.15, 0.2) is 0 Å². The highest BCUT2D eigenvalue weighted by Gasteiger charge is 2.30. The van der Waals surface area contributed by atoms with Crippen molar-refractivity contribution in [3.63, 3.8) is 0 Å². The summed E-state index contributed by atoms with van der Waals surface area (Å²) in [5.74, 6) is -1.88. The number of benzene rings is 2. The van der Waals surface area contributed by atoms with Crippen molar-refractivity contribution in [2.45, 2.75) is 31.3 Å². The second-order valence-electron chi connectivity index (χ2n) is 7.37. The van der Waals surface area contributed by atoms with E-state index < -0.39 is 30.1 Å². The number of amides is 2. The minimum absolute atomic E-state index is 0.101. The monoisotopic (exact) mass is 426 g/mol. The zero-order valence-corrected chi connectivity index (χ0v) is 17.5. The zero-order chi connectivity index (χ0) is 22.4. The van der Waals surface area contributed by atoms with Crippen molar-refractivity contribution < 1.29 is 29.0 Å². The number of carbonyl (C=O) groups excluding carboxylic acids is 2. The number of hydrogen-bond donors (Lipinski definition) is 3. The summed E-state index contributed by atoms with van der Waals surface area (Å²) in [5, 5.41) is 13.9. The van der Waals surface area contributed by atoms with E-state index in [1.165, 1.54) is 14.0 Å². The van der Waals surface area contributed by atoms with E-state index in [1.807, 2.05) is 48.5 Å². The molecule has 0 heterocycles. The van der Waals surface area contributed by atoms with Gasteiger partial charge in [-0.15, -0.1) is 0 Å². The number of fused-ring (bicyclic) bond motifs is 3. The van der Waals surface area contributed by atoms with Gasteiger partial charge in [-0.1, -0.05) is 48.5 Å². The molecule has 2 aromatic carbocycles. The molecule has 164 valence electrons. The van der Waals surface area contributed by atoms with Crippen LogP contribution >= 0.6 is 0 Å². The first kappa shape index (κ1) is 22.3. The fourth-order valence-corrected chi connectivity index (χ4v) is 3.66. The van der Waals surface area contributed by atoms with Crippen LogP contribution in [0.1, 0.15) is 30.4 Å². The van der Waals surface area contributed by atoms with Crippen LogP contribution in [0.2, 0.25) is 0 Å². The van der Waals surface area contributed by atoms with Crippen molar-refractivity contribution in [1.82, 2.24) is 10.6 Å². The third-order valence-corrected chi connectivity index (χ3v) is 5.29. The van der Waals surface area contributed by atoms with Crippen LogP contribution in [-0.2, 0) is 19.1 Å². The van der Waals surface area contributed by atoms with E-state index >= 15 is 0 Å². The molecule has 0 aromatic heterocycles. The molecule has 8 nitrogen and oxygen atoms in total. The molecule has 3 rings (SSSR count). The van der Waals surface area contributed by atoms with Gasteiger partial charge in [-0.05, 0) is 29.2 Å². The molecule has 0 bridgehead atoms. The number of carbonyl (C=O) groups is 3. The van der Waals surface area contributed by atoms with Crippen molar-refractivity contribution >= 4 is 18.0 Å². The summed E-state index contributed by atoms with van der Waals surface area (Å²) >= 11 is 0. The zero-order valence-electron chi connectivity index (χ0n) is 17.5. The molecule has 31 heavy (non-hydrogen) atoms. The van der Waals surface area contributed by atoms with Gasteiger partial charge in [0.05, 0.1) is 0 Å². The lowest BCUT2D eigenvalue weighted by Gasteiger charge is -2.20. The predicted molar refractivity (Wildman–Crippen MR) is 114 cm³/mol. The van der Waals surface area contributed by atoms with Crippen molar-refractivity contribution in [2.75, 3.05) is 20.3 Å². The van der Waals surface area contributed by atoms with Crippen molar-refractivity contribution in [1.29, 1.82) is 0 Å². The average Bonchev–Trinajstić information content (AvgIpc) is 3.08. The SMILES string of the molecule is COCCC(NC(=O)OCC1c2ccccc2-c2ccccc21)C(=O)NC(C)C(=O)O. The molecular formula is C23H26N2O6. The summed E-state index contributed by atoms with van der Waals surface area (Å²) in [6, 6.07) is 13.9. The van der Waals surface area contributed by atoms with Gasteiger partial charge in [0.25, 0.3) is 0 Å². The molecule has 8 heteroatoms. The van der Waals surface area contributed by atoms with Crippen LogP contribution in [0.25, 0.3) is 11.1 Å². The highest BCUT2D eigenvalue weighted by molar-refractivity contribution is 5.89. The Morgan fingerprint density at radius 1 is 1.00 bits per heavy atom. The minimum Gasteiger partial charge on any atom is -0.480 e. The Bertz CT molecular complexity index is 915. The molecular weight excluding hydrogens is 400 g/mol. The maximum Gasteiger partial charge on any atom is 0.407 e. The minimum atomic E-state index is -1.17. The number of carboxylic acids is 1. The summed E-state index contributed by atoms with van der Waals surface area (Å²) in [5.41, 5.74) is 4.40. The molecule has 2 unspecified atom stereocenters. The number of hydrogen-bond acceptors (Lipinski definition) is 5. The summed E-state index contributed by atoms with van der Waals surface area (Å²) in [7, 11) is 1.47. The molecule has 0 saturated heterocycles. The smallest absolute Gasteiger partial charge is 0.407 e. The fourth-order valence-electron chi connectivity index (χ4n) is 3.66. The van der Waals surface area contributed by atoms with Gasteiger partial charge < -0.3 is 25.2 Å². The van der Waals surface area contributed by atoms with Crippen molar-refractivity contribution in [3.8, 4) is 11.1 Å². The molecule has 0 fully saturated rings. The molecule has 0 radical (unpaired) electrons. The Morgan fingerprint density at radius 2 is 1.58 bits per heavy atom. The number of alkyl carbamates (subject to hydrolysis) is 1. The first-order chi connectivity index (χ1) is 14.9. The topological polar surface area (TPSA) is 114 Å². The number of carboxylic acid groups (broad SMARTS) is 1. The fraction of sp³-hybridized carbons (Fsp3) is 0.348. The third-order valence-electron chi connectivity index (χ3n) is 5.29. The Hall–Kier alpha value is -3.39. The largest absolute Gasteiger partial charge is 0.480 e. The van der Waals surface area contributed by atoms with E-state index in [1.54, 1.807) is 0 Å². The molecule has 1 aliphatic rings. The van der Waals surface area contributed by atoms with Gasteiger partial charge >= 0.3 is 12.1 Å². The lowest BCUT2D eigenvalue weighted by Crippen LogP contribution is -2.51. The van der Waals surface area contributed by atoms with Crippen LogP contribution in [0.5, 0.6) is 0 Å². The predicted octanol–water partition coefficient (Wildman–Crippen LogP) is 2.52. The number of nitrogens with one attached hydrogen (secondary N) is 2. The second-order valence-corrected chi connectivity index (χ2v) is 7.37. The van der Waals surface area contributed by atoms with Gasteiger partial charge in [0.2, 0.25) is 5.91 Å². The lowest BCUT2D eigenvalue weighted by molar-refractivity contribution is -0.141. The molecule has 2 atom stereocenters. The summed E-state index contributed by atoms with van der Waals surface area (Å²) < 4.78 is 10.5. The average molecular weight is 426 g/mol. The van der Waals surface area contributed by atoms with E-state index in [2.05, 4.69) is 10.6 Å². The van der Waals surface area contributed by atoms with Gasteiger partial charge in [-0.2, -0.15) is 0 Å². The molecule has 2 amide bonds. The second kappa shape index (κ2) is 10.1. The Kier molecular flexibility index (Phi) is 7.25. The Labute approximate surface area is 180 Å². The normalized spacial score (nSPS) is 14.1. The number of methoxy groups -OCH3 is 1. The number of rotatable bonds is 9. The van der Waals surface area contributed by atoms with Crippen LogP contribution in [0.3, 0.4) is 0 Å². The molecule has 1 aliphatic carbocycles. The first-order valence-electron chi connectivity index (χ1n) is 10.1. The van der Waals surface area contributed by atoms with Crippen LogP contribution in [-0.4, -0.2) is 55.5 Å². The highest BCUT2D eigenvalue weighted by Crippen LogP contribution is 2.44. The van der Waals surface area contributed by atoms with Gasteiger partial charge in [-0.25, -0.2) is 4.79 Å². The summed E-state index contributed by atoms with van der Waals surface area (Å²) in [6.07, 6.45) is -0.570. The lowest BCUT2D eigenvalue weighted by atomic mass is 9.98. The highest BCUT2D eigenvalue weighted by atomic mass is 16.5. The van der Waals surface area contributed by atoms with Gasteiger partial charge in [0, 0.05) is 26.1 Å². The van der Waals surface area contributed by atoms with Crippen molar-refractivity contribution in [3.05, 3.63) is 59.7 Å². The Balaban J connectivity index is 1.65. The van der Waals surface area contributed by atoms with E-state index in [4.69, 9.17) is 14.6 Å². The van der Waals surface area contributed by atoms with E-state index in [-0.39, 0.29) is 25.6 Å². The first-order valence-corrected chi connectivity index (χ1v) is 10.1. The molecule has 0 spiro atoms. The Morgan fingerprint density at radius 3 is 2.13 bits per heavy atom. The van der Waals surface area contributed by atoms with Crippen LogP contribution < -0.4 is 10.6 Å². The van der Waals surface area contributed by atoms with Crippen LogP contribution in [0, 0.1) is 0 Å². The summed E-state index contributed by atoms with van der Waals surface area (Å²) in [6.45, 7) is 1.67. The molecule has 3 N–H and O–H groups in total. The third kappa shape index (κ3) is 5.21. The van der Waals surface area contributed by atoms with Gasteiger partial charge in [0.1, 0.15) is 18.7 Å². The molecule has 0 aliphatic heterocycles. The maximum atomic E-state index is 12.5. The van der Waals surface area contributed by atoms with E-state index in [9.17, 15) is 14.4 Å². The maximum absolute atomic E-state index is 12.5. The van der Waals surface area contributed by atoms with Crippen LogP contribution in [0.4, 0.5) is 4.79 Å².